The second-order valence-corrected chi connectivity index (χ2v) is 1.96. The molecule has 0 radical (unpaired) electrons. The minimum absolute atomic E-state index is 0. The summed E-state index contributed by atoms with van der Waals surface area (Å²) in [6.45, 7) is 0. The Labute approximate surface area is 79.6 Å². The number of rotatable bonds is 1. The maximum absolute atomic E-state index is 10.7. The summed E-state index contributed by atoms with van der Waals surface area (Å²) in [6, 6.07) is 5.94. The molecule has 5 heteroatoms. The normalized spacial score (nSPS) is 8.42. The van der Waals surface area contributed by atoms with Crippen LogP contribution in [0.3, 0.4) is 0 Å². The summed E-state index contributed by atoms with van der Waals surface area (Å²) in [5, 5.41) is 17.2. The molecule has 0 fully saturated rings. The molecule has 0 saturated heterocycles. The first-order valence-electron chi connectivity index (χ1n) is 2.98. The van der Waals surface area contributed by atoms with E-state index in [1.807, 2.05) is 0 Å². The molecule has 0 aliphatic heterocycles. The van der Waals surface area contributed by atoms with Crippen LogP contribution in [-0.4, -0.2) is 16.2 Å². The first-order valence-corrected chi connectivity index (χ1v) is 2.98. The summed E-state index contributed by atoms with van der Waals surface area (Å²) in [7, 11) is 0. The third kappa shape index (κ3) is 2.23. The SMILES string of the molecule is O=C(NO)c1ccccc1O.[Fe]. The van der Waals surface area contributed by atoms with Crippen molar-refractivity contribution in [3.63, 3.8) is 0 Å². The van der Waals surface area contributed by atoms with Crippen molar-refractivity contribution in [2.75, 3.05) is 0 Å². The van der Waals surface area contributed by atoms with Crippen LogP contribution in [0.2, 0.25) is 0 Å². The fourth-order valence-electron chi connectivity index (χ4n) is 0.726. The van der Waals surface area contributed by atoms with Gasteiger partial charge in [-0.2, -0.15) is 0 Å². The van der Waals surface area contributed by atoms with E-state index in [4.69, 9.17) is 10.3 Å². The van der Waals surface area contributed by atoms with Crippen LogP contribution in [0.25, 0.3) is 0 Å². The van der Waals surface area contributed by atoms with Gasteiger partial charge in [-0.05, 0) is 12.1 Å². The van der Waals surface area contributed by atoms with E-state index in [2.05, 4.69) is 0 Å². The van der Waals surface area contributed by atoms with Crippen molar-refractivity contribution < 1.29 is 32.2 Å². The molecule has 0 saturated carbocycles. The average molecular weight is 209 g/mol. The van der Waals surface area contributed by atoms with Crippen LogP contribution in [0.5, 0.6) is 5.75 Å². The molecule has 0 aromatic heterocycles. The summed E-state index contributed by atoms with van der Waals surface area (Å²) < 4.78 is 0. The molecule has 0 atom stereocenters. The Balaban J connectivity index is 0.00000121. The molecule has 1 aromatic carbocycles. The number of carbonyl (C=O) groups is 1. The Morgan fingerprint density at radius 2 is 1.92 bits per heavy atom. The second kappa shape index (κ2) is 4.77. The summed E-state index contributed by atoms with van der Waals surface area (Å²) in [5.41, 5.74) is 1.47. The van der Waals surface area contributed by atoms with Gasteiger partial charge in [0, 0.05) is 17.1 Å². The molecule has 3 N–H and O–H groups in total. The maximum atomic E-state index is 10.7. The molecule has 0 aliphatic rings. The van der Waals surface area contributed by atoms with Crippen LogP contribution in [0.1, 0.15) is 10.4 Å². The number of hydroxylamine groups is 1. The Kier molecular flexibility index (Phi) is 4.36. The first-order chi connectivity index (χ1) is 5.25. The van der Waals surface area contributed by atoms with Crippen LogP contribution in [0.15, 0.2) is 24.3 Å². The van der Waals surface area contributed by atoms with Gasteiger partial charge >= 0.3 is 0 Å². The number of aromatic hydroxyl groups is 1. The maximum Gasteiger partial charge on any atom is 0.278 e. The molecule has 0 spiro atoms. The number of benzene rings is 1. The van der Waals surface area contributed by atoms with E-state index >= 15 is 0 Å². The first kappa shape index (κ1) is 11.0. The number of para-hydroxylation sites is 1. The Bertz CT molecular complexity index is 277. The molecule has 0 bridgehead atoms. The monoisotopic (exact) mass is 209 g/mol. The zero-order chi connectivity index (χ0) is 8.27. The largest absolute Gasteiger partial charge is 0.507 e. The number of nitrogens with one attached hydrogen (secondary N) is 1. The van der Waals surface area contributed by atoms with Crippen molar-refractivity contribution in [2.45, 2.75) is 0 Å². The third-order valence-electron chi connectivity index (χ3n) is 1.25. The molecule has 4 nitrogen and oxygen atoms in total. The van der Waals surface area contributed by atoms with Gasteiger partial charge in [-0.3, -0.25) is 10.0 Å². The fraction of sp³-hybridized carbons (Fsp3) is 0. The van der Waals surface area contributed by atoms with Crippen LogP contribution >= 0.6 is 0 Å². The van der Waals surface area contributed by atoms with Crippen LogP contribution in [0, 0.1) is 0 Å². The number of phenols is 1. The summed E-state index contributed by atoms with van der Waals surface area (Å²) in [6.07, 6.45) is 0. The predicted octanol–water partition coefficient (Wildman–Crippen LogP) is 0.509. The zero-order valence-corrected chi connectivity index (χ0v) is 7.07. The van der Waals surface area contributed by atoms with E-state index in [0.717, 1.165) is 0 Å². The smallest absolute Gasteiger partial charge is 0.278 e. The standard InChI is InChI=1S/C7H7NO3.Fe/c9-6-4-2-1-3-5(6)7(10)8-11;/h1-4,9,11H,(H,8,10);. The molecule has 0 aliphatic carbocycles. The van der Waals surface area contributed by atoms with Crippen molar-refractivity contribution in [1.29, 1.82) is 0 Å². The van der Waals surface area contributed by atoms with E-state index in [1.165, 1.54) is 17.6 Å². The minimum Gasteiger partial charge on any atom is -0.507 e. The van der Waals surface area contributed by atoms with E-state index in [0.29, 0.717) is 0 Å². The van der Waals surface area contributed by atoms with E-state index in [9.17, 15) is 4.79 Å². The molecule has 1 amide bonds. The summed E-state index contributed by atoms with van der Waals surface area (Å²) >= 11 is 0. The van der Waals surface area contributed by atoms with Gasteiger partial charge < -0.3 is 5.11 Å². The van der Waals surface area contributed by atoms with Crippen LogP contribution < -0.4 is 5.48 Å². The quantitative estimate of drug-likeness (QED) is 0.358. The molecular weight excluding hydrogens is 202 g/mol. The van der Waals surface area contributed by atoms with Gasteiger partial charge in [-0.1, -0.05) is 12.1 Å². The fourth-order valence-corrected chi connectivity index (χ4v) is 0.726. The zero-order valence-electron chi connectivity index (χ0n) is 5.97. The van der Waals surface area contributed by atoms with E-state index in [-0.39, 0.29) is 28.4 Å². The van der Waals surface area contributed by atoms with Gasteiger partial charge in [0.2, 0.25) is 0 Å². The molecular formula is C7H7FeNO3. The van der Waals surface area contributed by atoms with Crippen LogP contribution in [0.4, 0.5) is 0 Å². The molecule has 1 rings (SSSR count). The van der Waals surface area contributed by atoms with Crippen LogP contribution in [-0.2, 0) is 17.1 Å². The molecule has 0 unspecified atom stereocenters. The van der Waals surface area contributed by atoms with Crippen molar-refractivity contribution in [2.24, 2.45) is 0 Å². The number of hydrogen-bond acceptors (Lipinski definition) is 3. The van der Waals surface area contributed by atoms with Crippen molar-refractivity contribution in [1.82, 2.24) is 5.48 Å². The van der Waals surface area contributed by atoms with Gasteiger partial charge in [0.05, 0.1) is 5.56 Å². The van der Waals surface area contributed by atoms with E-state index in [1.54, 1.807) is 12.1 Å². The van der Waals surface area contributed by atoms with Gasteiger partial charge in [0.25, 0.3) is 5.91 Å². The van der Waals surface area contributed by atoms with Gasteiger partial charge in [0.1, 0.15) is 5.75 Å². The minimum atomic E-state index is -0.719. The molecule has 12 heavy (non-hydrogen) atoms. The Morgan fingerprint density at radius 1 is 1.33 bits per heavy atom. The van der Waals surface area contributed by atoms with Gasteiger partial charge in [0.15, 0.2) is 0 Å². The topological polar surface area (TPSA) is 69.6 Å². The Morgan fingerprint density at radius 3 is 2.42 bits per heavy atom. The average Bonchev–Trinajstić information content (AvgIpc) is 2.04. The number of amides is 1. The summed E-state index contributed by atoms with van der Waals surface area (Å²) in [4.78, 5) is 10.7. The summed E-state index contributed by atoms with van der Waals surface area (Å²) in [5.74, 6) is -0.873. The molecule has 0 heterocycles. The van der Waals surface area contributed by atoms with Crippen molar-refractivity contribution in [3.05, 3.63) is 29.8 Å². The number of hydrogen-bond donors (Lipinski definition) is 3. The van der Waals surface area contributed by atoms with Gasteiger partial charge in [-0.25, -0.2) is 5.48 Å². The second-order valence-electron chi connectivity index (χ2n) is 1.96. The predicted molar refractivity (Wildman–Crippen MR) is 37.4 cm³/mol. The number of carbonyl (C=O) groups excluding carboxylic acids is 1. The van der Waals surface area contributed by atoms with E-state index < -0.39 is 5.91 Å². The van der Waals surface area contributed by atoms with Gasteiger partial charge in [-0.15, -0.1) is 0 Å². The molecule has 1 aromatic rings. The third-order valence-corrected chi connectivity index (χ3v) is 1.25. The van der Waals surface area contributed by atoms with Crippen molar-refractivity contribution >= 4 is 5.91 Å². The molecule has 66 valence electrons. The Hall–Kier alpha value is -1.03. The number of phenolic OH excluding ortho intramolecular Hbond substituents is 1. The van der Waals surface area contributed by atoms with Crippen molar-refractivity contribution in [3.8, 4) is 5.75 Å².